The third-order valence-electron chi connectivity index (χ3n) is 3.86. The zero-order valence-corrected chi connectivity index (χ0v) is 13.4. The van der Waals surface area contributed by atoms with Gasteiger partial charge in [-0.3, -0.25) is 0 Å². The van der Waals surface area contributed by atoms with Gasteiger partial charge in [0.1, 0.15) is 12.9 Å². The minimum absolute atomic E-state index is 0.0613. The number of imidazole rings is 1. The van der Waals surface area contributed by atoms with Crippen LogP contribution in [0.15, 0.2) is 18.7 Å². The van der Waals surface area contributed by atoms with Crippen molar-refractivity contribution in [3.05, 3.63) is 18.7 Å². The maximum atomic E-state index is 11.4. The number of rotatable bonds is 3. The fourth-order valence-corrected chi connectivity index (χ4v) is 2.50. The highest BCUT2D eigenvalue weighted by Gasteiger charge is 2.16. The topological polar surface area (TPSA) is 82.8 Å². The van der Waals surface area contributed by atoms with Crippen molar-refractivity contribution < 1.29 is 24.1 Å². The molecule has 2 saturated heterocycles. The van der Waals surface area contributed by atoms with Gasteiger partial charge in [-0.25, -0.2) is 14.3 Å². The van der Waals surface area contributed by atoms with Crippen molar-refractivity contribution >= 4 is 6.09 Å². The van der Waals surface area contributed by atoms with Crippen LogP contribution in [-0.2, 0) is 14.2 Å². The molecular weight excluding hydrogens is 300 g/mol. The quantitative estimate of drug-likeness (QED) is 0.914. The van der Waals surface area contributed by atoms with Crippen LogP contribution in [0.25, 0.3) is 0 Å². The number of carbonyl (C=O) groups is 1. The van der Waals surface area contributed by atoms with Crippen LogP contribution >= 0.6 is 0 Å². The lowest BCUT2D eigenvalue weighted by Crippen LogP contribution is -2.27. The van der Waals surface area contributed by atoms with Crippen LogP contribution < -0.4 is 0 Å². The van der Waals surface area contributed by atoms with Crippen LogP contribution in [0, 0.1) is 0 Å². The summed E-state index contributed by atoms with van der Waals surface area (Å²) >= 11 is 0. The molecule has 1 aromatic rings. The van der Waals surface area contributed by atoms with E-state index in [4.69, 9.17) is 19.3 Å². The third kappa shape index (κ3) is 6.68. The van der Waals surface area contributed by atoms with E-state index in [2.05, 4.69) is 4.98 Å². The van der Waals surface area contributed by atoms with E-state index in [1.165, 1.54) is 17.3 Å². The second-order valence-corrected chi connectivity index (χ2v) is 5.71. The lowest BCUT2D eigenvalue weighted by atomic mass is 10.1. The van der Waals surface area contributed by atoms with Crippen molar-refractivity contribution in [3.8, 4) is 0 Å². The molecule has 3 rings (SSSR count). The van der Waals surface area contributed by atoms with Crippen LogP contribution in [0.5, 0.6) is 0 Å². The number of carbonyl (C=O) groups excluding carboxylic acids is 1. The van der Waals surface area contributed by atoms with E-state index in [1.807, 2.05) is 0 Å². The Kier molecular flexibility index (Phi) is 8.06. The van der Waals surface area contributed by atoms with Crippen LogP contribution in [0.4, 0.5) is 4.79 Å². The van der Waals surface area contributed by atoms with E-state index in [0.29, 0.717) is 6.61 Å². The van der Waals surface area contributed by atoms with E-state index in [1.54, 1.807) is 12.4 Å². The van der Waals surface area contributed by atoms with Crippen LogP contribution in [0.1, 0.15) is 38.5 Å². The number of aliphatic hydroxyl groups is 1. The average molecular weight is 326 g/mol. The standard InChI is InChI=1S/C10H14N2O3.C6H12O2/c13-10(12-5-4-11-8-12)15-7-9-3-1-2-6-14-9;7-5-6-3-1-2-4-8-6/h4-5,8-9H,1-3,6-7H2;6-7H,1-5H2. The number of ether oxygens (including phenoxy) is 3. The lowest BCUT2D eigenvalue weighted by Gasteiger charge is -2.21. The number of hydrogen-bond acceptors (Lipinski definition) is 6. The Hall–Kier alpha value is -1.44. The molecule has 1 aromatic heterocycles. The zero-order chi connectivity index (χ0) is 16.3. The smallest absolute Gasteiger partial charge is 0.419 e. The van der Waals surface area contributed by atoms with Crippen LogP contribution in [-0.4, -0.2) is 59.4 Å². The summed E-state index contributed by atoms with van der Waals surface area (Å²) in [6, 6.07) is 0. The minimum Gasteiger partial charge on any atom is -0.446 e. The molecule has 2 atom stereocenters. The minimum atomic E-state index is -0.401. The molecule has 130 valence electrons. The monoisotopic (exact) mass is 326 g/mol. The Morgan fingerprint density at radius 2 is 1.87 bits per heavy atom. The first kappa shape index (κ1) is 17.9. The summed E-state index contributed by atoms with van der Waals surface area (Å²) in [5, 5.41) is 8.57. The molecule has 0 amide bonds. The summed E-state index contributed by atoms with van der Waals surface area (Å²) in [5.74, 6) is 0. The predicted octanol–water partition coefficient (Wildman–Crippen LogP) is 1.98. The van der Waals surface area contributed by atoms with Gasteiger partial charge in [-0.1, -0.05) is 0 Å². The van der Waals surface area contributed by atoms with Gasteiger partial charge in [0.05, 0.1) is 18.8 Å². The molecule has 2 aliphatic rings. The molecule has 0 saturated carbocycles. The van der Waals surface area contributed by atoms with Gasteiger partial charge in [0.2, 0.25) is 0 Å². The van der Waals surface area contributed by atoms with E-state index in [0.717, 1.165) is 45.3 Å². The highest BCUT2D eigenvalue weighted by Crippen LogP contribution is 2.13. The number of aliphatic hydroxyl groups excluding tert-OH is 1. The van der Waals surface area contributed by atoms with Crippen molar-refractivity contribution in [3.63, 3.8) is 0 Å². The van der Waals surface area contributed by atoms with Crippen molar-refractivity contribution in [2.75, 3.05) is 26.4 Å². The molecule has 0 aliphatic carbocycles. The highest BCUT2D eigenvalue weighted by molar-refractivity contribution is 5.69. The predicted molar refractivity (Wildman–Crippen MR) is 83.2 cm³/mol. The van der Waals surface area contributed by atoms with Gasteiger partial charge in [0.15, 0.2) is 0 Å². The fourth-order valence-electron chi connectivity index (χ4n) is 2.50. The van der Waals surface area contributed by atoms with Crippen LogP contribution in [0.3, 0.4) is 0 Å². The Labute approximate surface area is 136 Å². The summed E-state index contributed by atoms with van der Waals surface area (Å²) in [7, 11) is 0. The van der Waals surface area contributed by atoms with E-state index < -0.39 is 6.09 Å². The summed E-state index contributed by atoms with van der Waals surface area (Å²) in [4.78, 5) is 15.2. The molecule has 1 N–H and O–H groups in total. The lowest BCUT2D eigenvalue weighted by molar-refractivity contribution is -0.0221. The Morgan fingerprint density at radius 3 is 2.35 bits per heavy atom. The summed E-state index contributed by atoms with van der Waals surface area (Å²) in [6.07, 6.45) is 11.0. The molecule has 0 spiro atoms. The molecule has 0 aromatic carbocycles. The van der Waals surface area contributed by atoms with E-state index in [9.17, 15) is 4.79 Å². The first-order valence-corrected chi connectivity index (χ1v) is 8.28. The van der Waals surface area contributed by atoms with Gasteiger partial charge in [0, 0.05) is 25.6 Å². The molecular formula is C16H26N2O5. The highest BCUT2D eigenvalue weighted by atomic mass is 16.6. The van der Waals surface area contributed by atoms with Crippen molar-refractivity contribution in [2.45, 2.75) is 50.7 Å². The van der Waals surface area contributed by atoms with Crippen molar-refractivity contribution in [1.82, 2.24) is 9.55 Å². The zero-order valence-electron chi connectivity index (χ0n) is 13.4. The van der Waals surface area contributed by atoms with Gasteiger partial charge < -0.3 is 19.3 Å². The fraction of sp³-hybridized carbons (Fsp3) is 0.750. The van der Waals surface area contributed by atoms with Gasteiger partial charge >= 0.3 is 6.09 Å². The molecule has 2 aliphatic heterocycles. The number of nitrogens with zero attached hydrogens (tertiary/aromatic N) is 2. The summed E-state index contributed by atoms with van der Waals surface area (Å²) < 4.78 is 17.0. The van der Waals surface area contributed by atoms with Gasteiger partial charge in [-0.15, -0.1) is 0 Å². The van der Waals surface area contributed by atoms with Crippen molar-refractivity contribution in [2.24, 2.45) is 0 Å². The maximum absolute atomic E-state index is 11.4. The van der Waals surface area contributed by atoms with E-state index in [-0.39, 0.29) is 18.8 Å². The summed E-state index contributed by atoms with van der Waals surface area (Å²) in [6.45, 7) is 2.13. The SMILES string of the molecule is O=C(OCC1CCCCO1)n1ccnc1.OCC1CCCCO1. The molecule has 23 heavy (non-hydrogen) atoms. The average Bonchev–Trinajstić information content (AvgIpc) is 3.17. The number of aromatic nitrogens is 2. The molecule has 3 heterocycles. The van der Waals surface area contributed by atoms with Gasteiger partial charge in [-0.05, 0) is 38.5 Å². The molecule has 0 bridgehead atoms. The third-order valence-corrected chi connectivity index (χ3v) is 3.86. The maximum Gasteiger partial charge on any atom is 0.419 e. The Bertz CT molecular complexity index is 426. The van der Waals surface area contributed by atoms with Crippen LogP contribution in [0.2, 0.25) is 0 Å². The normalized spacial score (nSPS) is 24.4. The summed E-state index contributed by atoms with van der Waals surface area (Å²) in [5.41, 5.74) is 0. The number of hydrogen-bond donors (Lipinski definition) is 1. The molecule has 0 radical (unpaired) electrons. The van der Waals surface area contributed by atoms with Crippen molar-refractivity contribution in [1.29, 1.82) is 0 Å². The van der Waals surface area contributed by atoms with Gasteiger partial charge in [0.25, 0.3) is 0 Å². The molecule has 7 nitrogen and oxygen atoms in total. The molecule has 2 fully saturated rings. The van der Waals surface area contributed by atoms with E-state index >= 15 is 0 Å². The second-order valence-electron chi connectivity index (χ2n) is 5.71. The van der Waals surface area contributed by atoms with Gasteiger partial charge in [-0.2, -0.15) is 0 Å². The largest absolute Gasteiger partial charge is 0.446 e. The Morgan fingerprint density at radius 1 is 1.17 bits per heavy atom. The molecule has 2 unspecified atom stereocenters. The second kappa shape index (κ2) is 10.4. The first-order valence-electron chi connectivity index (χ1n) is 8.28. The Balaban J connectivity index is 0.000000203. The first-order chi connectivity index (χ1) is 11.3. The molecule has 7 heteroatoms.